The number of amides is 3. The van der Waals surface area contributed by atoms with Gasteiger partial charge in [-0.2, -0.15) is 0 Å². The smallest absolute Gasteiger partial charge is 0.404 e. The fraction of sp³-hybridized carbons (Fsp3) is 0.294. The number of thiazole rings is 1. The number of ether oxygens (including phenoxy) is 1. The van der Waals surface area contributed by atoms with E-state index in [9.17, 15) is 14.4 Å². The van der Waals surface area contributed by atoms with Crippen LogP contribution >= 0.6 is 11.3 Å². The second kappa shape index (κ2) is 9.65. The van der Waals surface area contributed by atoms with Gasteiger partial charge in [0.15, 0.2) is 36.4 Å². The number of hydrogen-bond acceptors (Lipinski definition) is 9. The highest BCUT2D eigenvalue weighted by Gasteiger charge is 2.42. The van der Waals surface area contributed by atoms with Crippen molar-refractivity contribution in [2.24, 2.45) is 10.9 Å². The Morgan fingerprint density at radius 1 is 1.33 bits per heavy atom. The number of carbonyl (C=O) groups is 3. The van der Waals surface area contributed by atoms with E-state index in [1.807, 2.05) is 35.2 Å². The zero-order valence-electron chi connectivity index (χ0n) is 15.7. The number of nitrogens with one attached hydrogen (secondary N) is 2. The van der Waals surface area contributed by atoms with Gasteiger partial charge in [0.2, 0.25) is 5.91 Å². The molecule has 13 heteroatoms. The lowest BCUT2D eigenvalue weighted by Gasteiger charge is -2.36. The molecule has 0 spiro atoms. The molecule has 6 N–H and O–H groups in total. The van der Waals surface area contributed by atoms with Crippen LogP contribution in [0.15, 0.2) is 41.1 Å². The molecular weight excluding hydrogens is 414 g/mol. The molecule has 1 saturated heterocycles. The van der Waals surface area contributed by atoms with Crippen molar-refractivity contribution in [3.63, 3.8) is 0 Å². The summed E-state index contributed by atoms with van der Waals surface area (Å²) in [6.07, 6.45) is 2.75. The predicted molar refractivity (Wildman–Crippen MR) is 105 cm³/mol. The lowest BCUT2D eigenvalue weighted by Crippen LogP contribution is -2.71. The predicted octanol–water partition coefficient (Wildman–Crippen LogP) is -1.49. The molecule has 3 heterocycles. The molecule has 3 amide bonds. The van der Waals surface area contributed by atoms with Crippen molar-refractivity contribution in [2.45, 2.75) is 18.6 Å². The maximum absolute atomic E-state index is 12.7. The van der Waals surface area contributed by atoms with Gasteiger partial charge in [0.25, 0.3) is 5.91 Å². The monoisotopic (exact) mass is 434 g/mol. The van der Waals surface area contributed by atoms with Crippen LogP contribution in [0.2, 0.25) is 0 Å². The number of aromatic nitrogens is 2. The number of β-lactam (4-membered cyclic amide) rings is 1. The Balaban J connectivity index is 1.65. The van der Waals surface area contributed by atoms with Crippen molar-refractivity contribution < 1.29 is 28.5 Å². The van der Waals surface area contributed by atoms with Gasteiger partial charge in [0, 0.05) is 17.5 Å². The Bertz CT molecular complexity index is 949. The van der Waals surface area contributed by atoms with E-state index in [1.54, 1.807) is 5.38 Å². The van der Waals surface area contributed by atoms with Gasteiger partial charge < -0.3 is 31.7 Å². The molecular formula is C17H20N7O5S+. The van der Waals surface area contributed by atoms with Gasteiger partial charge in [-0.3, -0.25) is 9.59 Å². The summed E-state index contributed by atoms with van der Waals surface area (Å²) in [6.45, 7) is 0.535. The molecule has 3 rings (SSSR count). The highest BCUT2D eigenvalue weighted by atomic mass is 32.1. The molecule has 0 saturated carbocycles. The molecule has 2 unspecified atom stereocenters. The Kier molecular flexibility index (Phi) is 6.75. The van der Waals surface area contributed by atoms with Crippen molar-refractivity contribution in [3.8, 4) is 0 Å². The number of nitrogens with two attached hydrogens (primary N) is 2. The van der Waals surface area contributed by atoms with E-state index in [0.717, 1.165) is 11.3 Å². The Hall–Kier alpha value is -3.74. The largest absolute Gasteiger partial charge is 0.447 e. The highest BCUT2D eigenvalue weighted by Crippen LogP contribution is 2.14. The quantitative estimate of drug-likeness (QED) is 0.122. The van der Waals surface area contributed by atoms with Crippen LogP contribution in [-0.2, 0) is 25.7 Å². The lowest BCUT2D eigenvalue weighted by molar-refractivity contribution is -0.698. The Morgan fingerprint density at radius 2 is 2.10 bits per heavy atom. The third-order valence-electron chi connectivity index (χ3n) is 4.06. The van der Waals surface area contributed by atoms with Crippen molar-refractivity contribution in [1.29, 1.82) is 0 Å². The van der Waals surface area contributed by atoms with Crippen LogP contribution in [0.3, 0.4) is 0 Å². The van der Waals surface area contributed by atoms with Gasteiger partial charge in [-0.1, -0.05) is 11.2 Å². The number of rotatable bonds is 9. The van der Waals surface area contributed by atoms with E-state index in [0.29, 0.717) is 6.54 Å². The minimum absolute atomic E-state index is 0.129. The molecule has 1 aliphatic heterocycles. The maximum Gasteiger partial charge on any atom is 0.404 e. The summed E-state index contributed by atoms with van der Waals surface area (Å²) in [5, 5.41) is 10.7. The third-order valence-corrected chi connectivity index (χ3v) is 4.73. The fourth-order valence-corrected chi connectivity index (χ4v) is 3.12. The normalized spacial score (nSPS) is 18.1. The van der Waals surface area contributed by atoms with E-state index < -0.39 is 30.0 Å². The number of hydrogen-bond donors (Lipinski definition) is 4. The standard InChI is InChI=1S/C17H19N7O5S/c18-16-21-11(9-30-16)13(23-29-7-6-24-4-2-1-3-5-24)15(26)22-12-10(20-14(12)25)8-28-17(19)27/h1-5,9-10,12H,6-8H2,(H5-,18,19,20,21,22,25,26,27)/p+1/b23-13-. The minimum Gasteiger partial charge on any atom is -0.447 e. The van der Waals surface area contributed by atoms with Crippen LogP contribution in [-0.4, -0.2) is 53.9 Å². The molecule has 0 bridgehead atoms. The molecule has 2 aromatic heterocycles. The molecule has 2 aromatic rings. The number of pyridine rings is 1. The first kappa shape index (κ1) is 21.0. The van der Waals surface area contributed by atoms with Gasteiger partial charge in [-0.05, 0) is 0 Å². The van der Waals surface area contributed by atoms with E-state index >= 15 is 0 Å². The van der Waals surface area contributed by atoms with Gasteiger partial charge in [-0.25, -0.2) is 14.3 Å². The molecule has 0 aromatic carbocycles. The molecule has 12 nitrogen and oxygen atoms in total. The average Bonchev–Trinajstić information content (AvgIpc) is 3.15. The summed E-state index contributed by atoms with van der Waals surface area (Å²) in [7, 11) is 0. The summed E-state index contributed by atoms with van der Waals surface area (Å²) >= 11 is 1.13. The first-order valence-electron chi connectivity index (χ1n) is 8.83. The Morgan fingerprint density at radius 3 is 2.73 bits per heavy atom. The first-order chi connectivity index (χ1) is 14.4. The van der Waals surface area contributed by atoms with Gasteiger partial charge in [-0.15, -0.1) is 11.3 Å². The summed E-state index contributed by atoms with van der Waals surface area (Å²) in [4.78, 5) is 44.6. The molecule has 2 atom stereocenters. The topological polar surface area (TPSA) is 175 Å². The van der Waals surface area contributed by atoms with Crippen molar-refractivity contribution in [2.75, 3.05) is 18.9 Å². The number of carbonyl (C=O) groups excluding carboxylic acids is 3. The summed E-state index contributed by atoms with van der Waals surface area (Å²) < 4.78 is 6.55. The molecule has 1 fully saturated rings. The van der Waals surface area contributed by atoms with E-state index in [1.165, 1.54) is 0 Å². The first-order valence-corrected chi connectivity index (χ1v) is 9.71. The number of anilines is 1. The van der Waals surface area contributed by atoms with E-state index in [4.69, 9.17) is 16.3 Å². The zero-order valence-corrected chi connectivity index (χ0v) is 16.5. The summed E-state index contributed by atoms with van der Waals surface area (Å²) in [5.41, 5.74) is 10.7. The molecule has 0 aliphatic carbocycles. The Labute approximate surface area is 174 Å². The van der Waals surface area contributed by atoms with Gasteiger partial charge >= 0.3 is 6.09 Å². The second-order valence-electron chi connectivity index (χ2n) is 6.15. The van der Waals surface area contributed by atoms with Crippen molar-refractivity contribution >= 4 is 40.1 Å². The third kappa shape index (κ3) is 5.41. The van der Waals surface area contributed by atoms with Crippen LogP contribution in [0.4, 0.5) is 9.93 Å². The molecule has 0 radical (unpaired) electrons. The average molecular weight is 434 g/mol. The fourth-order valence-electron chi connectivity index (χ4n) is 2.57. The van der Waals surface area contributed by atoms with Crippen molar-refractivity contribution in [1.82, 2.24) is 15.6 Å². The maximum atomic E-state index is 12.7. The highest BCUT2D eigenvalue weighted by molar-refractivity contribution is 7.13. The van der Waals surface area contributed by atoms with Gasteiger partial charge in [0.05, 0.1) is 6.04 Å². The van der Waals surface area contributed by atoms with Crippen molar-refractivity contribution in [3.05, 3.63) is 41.7 Å². The van der Waals surface area contributed by atoms with Crippen LogP contribution in [0, 0.1) is 0 Å². The lowest BCUT2D eigenvalue weighted by atomic mass is 9.99. The molecule has 30 heavy (non-hydrogen) atoms. The van der Waals surface area contributed by atoms with E-state index in [-0.39, 0.29) is 29.8 Å². The molecule has 1 aliphatic rings. The van der Waals surface area contributed by atoms with Crippen LogP contribution in [0.5, 0.6) is 0 Å². The minimum atomic E-state index is -0.980. The number of primary amides is 1. The molecule has 158 valence electrons. The van der Waals surface area contributed by atoms with E-state index in [2.05, 4.69) is 25.5 Å². The number of oxime groups is 1. The number of nitrogen functional groups attached to an aromatic ring is 1. The SMILES string of the molecule is NC(=O)OCC1NC(=O)C1NC(=O)/C(=N\OCC[n+]1ccccc1)c1csc(N)n1. The summed E-state index contributed by atoms with van der Waals surface area (Å²) in [6, 6.07) is 4.12. The van der Waals surface area contributed by atoms with Gasteiger partial charge in [0.1, 0.15) is 18.3 Å². The number of nitrogens with zero attached hydrogens (tertiary/aromatic N) is 3. The zero-order chi connectivity index (χ0) is 21.5. The van der Waals surface area contributed by atoms with Crippen LogP contribution in [0.1, 0.15) is 5.69 Å². The van der Waals surface area contributed by atoms with Crippen LogP contribution < -0.4 is 26.7 Å². The second-order valence-corrected chi connectivity index (χ2v) is 7.04. The summed E-state index contributed by atoms with van der Waals surface area (Å²) in [5.74, 6) is -1.11. The van der Waals surface area contributed by atoms with Crippen LogP contribution in [0.25, 0.3) is 0 Å².